The first kappa shape index (κ1) is 31.0. The minimum Gasteiger partial charge on any atom is -0.446 e. The van der Waals surface area contributed by atoms with Gasteiger partial charge in [-0.05, 0) is 27.2 Å². The molecule has 4 atom stereocenters. The molecule has 0 aliphatic carbocycles. The van der Waals surface area contributed by atoms with Gasteiger partial charge in [-0.15, -0.1) is 0 Å². The number of aliphatic hydroxyl groups is 3. The van der Waals surface area contributed by atoms with Gasteiger partial charge in [0.25, 0.3) is 5.79 Å². The van der Waals surface area contributed by atoms with E-state index < -0.39 is 53.8 Å². The smallest absolute Gasteiger partial charge is 0.410 e. The highest BCUT2D eigenvalue weighted by atomic mass is 79.9. The number of ether oxygens (including phenoxy) is 6. The lowest BCUT2D eigenvalue weighted by atomic mass is 9.84. The molecule has 0 radical (unpaired) electrons. The first-order valence-electron chi connectivity index (χ1n) is 10.8. The zero-order valence-corrected chi connectivity index (χ0v) is 22.4. The van der Waals surface area contributed by atoms with Crippen molar-refractivity contribution in [2.24, 2.45) is 0 Å². The van der Waals surface area contributed by atoms with Crippen molar-refractivity contribution in [3.63, 3.8) is 0 Å². The van der Waals surface area contributed by atoms with Gasteiger partial charge in [-0.3, -0.25) is 4.79 Å². The van der Waals surface area contributed by atoms with Crippen molar-refractivity contribution in [3.8, 4) is 0 Å². The summed E-state index contributed by atoms with van der Waals surface area (Å²) in [7, 11) is 5.14. The number of nitrogens with zero attached hydrogens (tertiary/aromatic N) is 1. The van der Waals surface area contributed by atoms with E-state index in [1.807, 2.05) is 0 Å². The third-order valence-electron chi connectivity index (χ3n) is 5.42. The molecule has 1 amide bonds. The van der Waals surface area contributed by atoms with Crippen LogP contribution in [-0.2, 0) is 33.2 Å². The fourth-order valence-electron chi connectivity index (χ4n) is 3.74. The Balaban J connectivity index is 3.11. The molecule has 2 unspecified atom stereocenters. The lowest BCUT2D eigenvalue weighted by molar-refractivity contribution is -0.371. The molecule has 0 spiro atoms. The molecule has 1 rings (SSSR count). The second kappa shape index (κ2) is 12.3. The number of rotatable bonds is 12. The van der Waals surface area contributed by atoms with E-state index in [0.29, 0.717) is 0 Å². The van der Waals surface area contributed by atoms with E-state index in [-0.39, 0.29) is 31.1 Å². The molecule has 13 heteroatoms. The van der Waals surface area contributed by atoms with Crippen molar-refractivity contribution < 1.29 is 53.3 Å². The summed E-state index contributed by atoms with van der Waals surface area (Å²) in [5.74, 6) is -5.72. The molecule has 1 aliphatic rings. The van der Waals surface area contributed by atoms with Crippen LogP contribution in [0.4, 0.5) is 4.79 Å². The number of hydrogen-bond donors (Lipinski definition) is 3. The van der Waals surface area contributed by atoms with E-state index in [4.69, 9.17) is 28.4 Å². The fourth-order valence-corrected chi connectivity index (χ4v) is 4.66. The van der Waals surface area contributed by atoms with Gasteiger partial charge in [-0.1, -0.05) is 15.9 Å². The molecule has 1 aliphatic heterocycles. The van der Waals surface area contributed by atoms with Crippen molar-refractivity contribution >= 4 is 28.0 Å². The normalized spacial score (nSPS) is 29.4. The van der Waals surface area contributed by atoms with Crippen LogP contribution >= 0.6 is 15.9 Å². The molecule has 200 valence electrons. The van der Waals surface area contributed by atoms with Crippen LogP contribution in [0.15, 0.2) is 0 Å². The Bertz CT molecular complexity index is 686. The van der Waals surface area contributed by atoms with Gasteiger partial charge in [0.2, 0.25) is 17.7 Å². The zero-order chi connectivity index (χ0) is 26.4. The summed E-state index contributed by atoms with van der Waals surface area (Å²) in [6.45, 7) is 5.01. The number of alkyl halides is 1. The number of methoxy groups -OCH3 is 3. The predicted octanol–water partition coefficient (Wildman–Crippen LogP) is 0.734. The van der Waals surface area contributed by atoms with Crippen LogP contribution in [-0.4, -0.2) is 114 Å². The van der Waals surface area contributed by atoms with Crippen LogP contribution in [0.5, 0.6) is 0 Å². The maximum Gasteiger partial charge on any atom is 0.410 e. The second-order valence-corrected chi connectivity index (χ2v) is 9.52. The minimum absolute atomic E-state index is 0.153. The summed E-state index contributed by atoms with van der Waals surface area (Å²) in [5, 5.41) is 32.0. The topological polar surface area (TPSA) is 153 Å². The molecule has 1 saturated heterocycles. The summed E-state index contributed by atoms with van der Waals surface area (Å²) in [6.07, 6.45) is -3.46. The average molecular weight is 560 g/mol. The van der Waals surface area contributed by atoms with Crippen molar-refractivity contribution in [2.75, 3.05) is 46.9 Å². The second-order valence-electron chi connectivity index (χ2n) is 8.96. The average Bonchev–Trinajstić information content (AvgIpc) is 2.93. The zero-order valence-electron chi connectivity index (χ0n) is 20.8. The molecular formula is C21H38BrNO11. The quantitative estimate of drug-likeness (QED) is 0.176. The molecule has 1 fully saturated rings. The van der Waals surface area contributed by atoms with E-state index in [2.05, 4.69) is 15.9 Å². The number of carbonyl (C=O) groups excluding carboxylic acids is 2. The maximum atomic E-state index is 12.9. The van der Waals surface area contributed by atoms with Crippen molar-refractivity contribution in [1.29, 1.82) is 0 Å². The van der Waals surface area contributed by atoms with E-state index in [0.717, 1.165) is 7.11 Å². The van der Waals surface area contributed by atoms with E-state index >= 15 is 0 Å². The van der Waals surface area contributed by atoms with Gasteiger partial charge < -0.3 is 48.6 Å². The van der Waals surface area contributed by atoms with Crippen LogP contribution in [0.2, 0.25) is 0 Å². The summed E-state index contributed by atoms with van der Waals surface area (Å²) in [5.41, 5.74) is -2.91. The molecule has 3 N–H and O–H groups in total. The van der Waals surface area contributed by atoms with Gasteiger partial charge >= 0.3 is 12.1 Å². The first-order valence-corrected chi connectivity index (χ1v) is 11.9. The molecular weight excluding hydrogens is 522 g/mol. The highest BCUT2D eigenvalue weighted by molar-refractivity contribution is 9.09. The Morgan fingerprint density at radius 1 is 1.18 bits per heavy atom. The lowest BCUT2D eigenvalue weighted by Gasteiger charge is -2.46. The van der Waals surface area contributed by atoms with Crippen molar-refractivity contribution in [1.82, 2.24) is 4.90 Å². The summed E-state index contributed by atoms with van der Waals surface area (Å²) in [4.78, 5) is 26.3. The van der Waals surface area contributed by atoms with Crippen LogP contribution in [0.1, 0.15) is 40.0 Å². The molecule has 0 aromatic heterocycles. The number of carbonyl (C=O) groups is 2. The molecule has 0 aromatic rings. The molecule has 0 saturated carbocycles. The summed E-state index contributed by atoms with van der Waals surface area (Å²) >= 11 is 3.20. The van der Waals surface area contributed by atoms with Crippen molar-refractivity contribution in [3.05, 3.63) is 0 Å². The van der Waals surface area contributed by atoms with Gasteiger partial charge in [0.15, 0.2) is 0 Å². The van der Waals surface area contributed by atoms with E-state index in [1.54, 1.807) is 20.8 Å². The van der Waals surface area contributed by atoms with Gasteiger partial charge in [0, 0.05) is 54.4 Å². The number of esters is 1. The van der Waals surface area contributed by atoms with E-state index in [9.17, 15) is 24.9 Å². The Hall–Kier alpha value is -1.06. The Labute approximate surface area is 208 Å². The summed E-state index contributed by atoms with van der Waals surface area (Å²) < 4.78 is 32.2. The van der Waals surface area contributed by atoms with Crippen LogP contribution in [0.3, 0.4) is 0 Å². The van der Waals surface area contributed by atoms with Crippen LogP contribution < -0.4 is 0 Å². The largest absolute Gasteiger partial charge is 0.446 e. The molecule has 12 nitrogen and oxygen atoms in total. The third-order valence-corrected chi connectivity index (χ3v) is 6.21. The first-order chi connectivity index (χ1) is 15.7. The molecule has 34 heavy (non-hydrogen) atoms. The van der Waals surface area contributed by atoms with Crippen LogP contribution in [0, 0.1) is 0 Å². The SMILES string of the molecule is COC(OC)C1(O)OC(CCO)[C@](O)(OC)[C@]1(CBr)OC(=O)CCCN(C)C(=O)OC(C)(C)C. The summed E-state index contributed by atoms with van der Waals surface area (Å²) in [6, 6.07) is 0. The number of hydrogen-bond acceptors (Lipinski definition) is 11. The predicted molar refractivity (Wildman–Crippen MR) is 122 cm³/mol. The third kappa shape index (κ3) is 6.19. The minimum atomic E-state index is -2.52. The molecule has 0 aromatic carbocycles. The van der Waals surface area contributed by atoms with Gasteiger partial charge in [0.1, 0.15) is 11.7 Å². The Kier molecular flexibility index (Phi) is 11.2. The molecule has 1 heterocycles. The highest BCUT2D eigenvalue weighted by Crippen LogP contribution is 2.52. The Morgan fingerprint density at radius 2 is 1.76 bits per heavy atom. The standard InChI is InChI=1S/C21H38BrNO11/c1-18(2,3)34-17(26)23(4)11-8-9-15(25)33-19(13-22)20(27,31-7)14(10-12-24)32-21(19,28)16(29-5)30-6/h14,16,24,27-28H,8-13H2,1-7H3/t14?,19-,20-,21?/m0/s1. The fraction of sp³-hybridized carbons (Fsp3) is 0.905. The lowest BCUT2D eigenvalue weighted by Crippen LogP contribution is -2.71. The Morgan fingerprint density at radius 3 is 2.21 bits per heavy atom. The number of aliphatic hydroxyl groups excluding tert-OH is 1. The molecule has 0 bridgehead atoms. The van der Waals surface area contributed by atoms with Gasteiger partial charge in [-0.2, -0.15) is 0 Å². The highest BCUT2D eigenvalue weighted by Gasteiger charge is 2.79. The van der Waals surface area contributed by atoms with Crippen molar-refractivity contribution in [2.45, 2.75) is 75.2 Å². The number of halogens is 1. The van der Waals surface area contributed by atoms with E-state index in [1.165, 1.54) is 26.2 Å². The maximum absolute atomic E-state index is 12.9. The van der Waals surface area contributed by atoms with Gasteiger partial charge in [-0.25, -0.2) is 4.79 Å². The van der Waals surface area contributed by atoms with Crippen LogP contribution in [0.25, 0.3) is 0 Å². The monoisotopic (exact) mass is 559 g/mol. The number of amides is 1. The van der Waals surface area contributed by atoms with Gasteiger partial charge in [0.05, 0.1) is 5.33 Å².